The first-order chi connectivity index (χ1) is 12.0. The maximum atomic E-state index is 12.6. The number of thiazole rings is 1. The van der Waals surface area contributed by atoms with Crippen LogP contribution in [-0.4, -0.2) is 24.6 Å². The normalized spacial score (nSPS) is 13.5. The van der Waals surface area contributed by atoms with Crippen LogP contribution in [0.25, 0.3) is 4.96 Å². The van der Waals surface area contributed by atoms with Crippen LogP contribution >= 0.6 is 11.3 Å². The van der Waals surface area contributed by atoms with E-state index >= 15 is 0 Å². The number of aryl methyl sites for hydroxylation is 1. The molecule has 0 unspecified atom stereocenters. The van der Waals surface area contributed by atoms with Crippen molar-refractivity contribution in [3.05, 3.63) is 51.4 Å². The highest BCUT2D eigenvalue weighted by atomic mass is 32.2. The molecule has 0 fully saturated rings. The predicted octanol–water partition coefficient (Wildman–Crippen LogP) is 1.27. The van der Waals surface area contributed by atoms with Gasteiger partial charge >= 0.3 is 0 Å². The molecule has 0 saturated carbocycles. The van der Waals surface area contributed by atoms with Crippen molar-refractivity contribution >= 4 is 26.3 Å². The largest absolute Gasteiger partial charge is 0.454 e. The Hall–Kier alpha value is -2.43. The Morgan fingerprint density at radius 3 is 2.96 bits per heavy atom. The lowest BCUT2D eigenvalue weighted by Gasteiger charge is -2.09. The van der Waals surface area contributed by atoms with E-state index in [-0.39, 0.29) is 23.9 Å². The van der Waals surface area contributed by atoms with Gasteiger partial charge in [0, 0.05) is 18.1 Å². The molecule has 0 atom stereocenters. The zero-order valence-electron chi connectivity index (χ0n) is 13.1. The first-order valence-corrected chi connectivity index (χ1v) is 9.67. The van der Waals surface area contributed by atoms with Crippen molar-refractivity contribution in [3.8, 4) is 11.5 Å². The van der Waals surface area contributed by atoms with Gasteiger partial charge in [-0.15, -0.1) is 11.3 Å². The smallest absolute Gasteiger partial charge is 0.279 e. The monoisotopic (exact) mass is 379 g/mol. The minimum atomic E-state index is -4.02. The molecule has 8 nitrogen and oxygen atoms in total. The molecule has 1 N–H and O–H groups in total. The van der Waals surface area contributed by atoms with Crippen molar-refractivity contribution in [1.82, 2.24) is 14.1 Å². The third-order valence-electron chi connectivity index (χ3n) is 3.77. The van der Waals surface area contributed by atoms with Gasteiger partial charge in [0.1, 0.15) is 0 Å². The third kappa shape index (κ3) is 2.77. The number of ether oxygens (including phenoxy) is 2. The summed E-state index contributed by atoms with van der Waals surface area (Å²) in [5.74, 6) is 1.18. The average Bonchev–Trinajstić information content (AvgIpc) is 3.20. The number of nitrogens with one attached hydrogen (secondary N) is 1. The van der Waals surface area contributed by atoms with Gasteiger partial charge < -0.3 is 9.47 Å². The minimum absolute atomic E-state index is 0.0180. The van der Waals surface area contributed by atoms with Crippen molar-refractivity contribution in [2.75, 3.05) is 6.79 Å². The molecule has 3 heterocycles. The summed E-state index contributed by atoms with van der Waals surface area (Å²) in [4.78, 5) is 16.8. The highest BCUT2D eigenvalue weighted by Crippen LogP contribution is 2.32. The van der Waals surface area contributed by atoms with Crippen LogP contribution in [0.1, 0.15) is 11.3 Å². The number of fused-ring (bicyclic) bond motifs is 2. The second-order valence-electron chi connectivity index (χ2n) is 5.40. The number of rotatable bonds is 4. The minimum Gasteiger partial charge on any atom is -0.454 e. The number of benzene rings is 1. The Morgan fingerprint density at radius 1 is 1.32 bits per heavy atom. The van der Waals surface area contributed by atoms with E-state index in [1.807, 2.05) is 0 Å². The molecule has 0 amide bonds. The first-order valence-electron chi connectivity index (χ1n) is 7.30. The molecule has 0 radical (unpaired) electrons. The van der Waals surface area contributed by atoms with E-state index in [9.17, 15) is 13.2 Å². The van der Waals surface area contributed by atoms with E-state index in [0.29, 0.717) is 22.0 Å². The Bertz CT molecular complexity index is 1130. The molecule has 10 heteroatoms. The number of aromatic nitrogens is 2. The summed E-state index contributed by atoms with van der Waals surface area (Å²) in [6.45, 7) is 1.67. The van der Waals surface area contributed by atoms with Crippen LogP contribution in [0.3, 0.4) is 0 Å². The van der Waals surface area contributed by atoms with Gasteiger partial charge in [-0.2, -0.15) is 0 Å². The van der Waals surface area contributed by atoms with Gasteiger partial charge in [0.15, 0.2) is 21.4 Å². The van der Waals surface area contributed by atoms with Crippen LogP contribution in [0.2, 0.25) is 0 Å². The zero-order valence-corrected chi connectivity index (χ0v) is 14.7. The van der Waals surface area contributed by atoms with Crippen molar-refractivity contribution in [3.63, 3.8) is 0 Å². The molecule has 25 heavy (non-hydrogen) atoms. The van der Waals surface area contributed by atoms with Gasteiger partial charge in [0.2, 0.25) is 16.8 Å². The lowest BCUT2D eigenvalue weighted by molar-refractivity contribution is 0.174. The van der Waals surface area contributed by atoms with Gasteiger partial charge in [-0.05, 0) is 24.6 Å². The molecular weight excluding hydrogens is 366 g/mol. The number of hydrogen-bond acceptors (Lipinski definition) is 7. The van der Waals surface area contributed by atoms with Crippen LogP contribution in [0.5, 0.6) is 11.5 Å². The van der Waals surface area contributed by atoms with Gasteiger partial charge in [-0.25, -0.2) is 18.1 Å². The summed E-state index contributed by atoms with van der Waals surface area (Å²) in [5, 5.41) is 1.68. The Balaban J connectivity index is 1.65. The fourth-order valence-electron chi connectivity index (χ4n) is 2.58. The molecule has 0 bridgehead atoms. The van der Waals surface area contributed by atoms with Crippen molar-refractivity contribution in [2.24, 2.45) is 0 Å². The van der Waals surface area contributed by atoms with Crippen LogP contribution in [0.15, 0.2) is 39.5 Å². The summed E-state index contributed by atoms with van der Waals surface area (Å²) < 4.78 is 39.4. The molecular formula is C15H13N3O5S2. The van der Waals surface area contributed by atoms with E-state index in [0.717, 1.165) is 0 Å². The van der Waals surface area contributed by atoms with Crippen LogP contribution < -0.4 is 19.8 Å². The SMILES string of the molecule is Cc1nc2sccn2c(=O)c1S(=O)(=O)NCc1ccc2c(c1)OCO2. The molecule has 4 rings (SSSR count). The van der Waals surface area contributed by atoms with Crippen molar-refractivity contribution in [2.45, 2.75) is 18.4 Å². The summed E-state index contributed by atoms with van der Waals surface area (Å²) in [5.41, 5.74) is 0.253. The zero-order chi connectivity index (χ0) is 17.6. The lowest BCUT2D eigenvalue weighted by atomic mass is 10.2. The van der Waals surface area contributed by atoms with E-state index in [2.05, 4.69) is 9.71 Å². The molecule has 2 aromatic heterocycles. The standard InChI is InChI=1S/C15H13N3O5S2/c1-9-13(14(19)18-4-5-24-15(18)17-9)25(20,21)16-7-10-2-3-11-12(6-10)23-8-22-11/h2-6,16H,7-8H2,1H3. The molecule has 130 valence electrons. The predicted molar refractivity (Wildman–Crippen MR) is 90.7 cm³/mol. The highest BCUT2D eigenvalue weighted by molar-refractivity contribution is 7.89. The number of sulfonamides is 1. The van der Waals surface area contributed by atoms with E-state index < -0.39 is 15.6 Å². The van der Waals surface area contributed by atoms with E-state index in [1.54, 1.807) is 23.6 Å². The number of nitrogens with zero attached hydrogens (tertiary/aromatic N) is 2. The Kier molecular flexibility index (Phi) is 3.74. The maximum absolute atomic E-state index is 12.6. The molecule has 0 saturated heterocycles. The summed E-state index contributed by atoms with van der Waals surface area (Å²) in [6.07, 6.45) is 1.51. The fraction of sp³-hybridized carbons (Fsp3) is 0.200. The second-order valence-corrected chi connectivity index (χ2v) is 7.98. The van der Waals surface area contributed by atoms with Gasteiger partial charge in [-0.1, -0.05) is 6.07 Å². The molecule has 1 aliphatic heterocycles. The average molecular weight is 379 g/mol. The molecule has 1 aliphatic rings. The quantitative estimate of drug-likeness (QED) is 0.733. The molecule has 3 aromatic rings. The summed E-state index contributed by atoms with van der Waals surface area (Å²) >= 11 is 1.27. The summed E-state index contributed by atoms with van der Waals surface area (Å²) in [6, 6.07) is 5.14. The van der Waals surface area contributed by atoms with Gasteiger partial charge in [-0.3, -0.25) is 9.20 Å². The lowest BCUT2D eigenvalue weighted by Crippen LogP contribution is -2.32. The van der Waals surface area contributed by atoms with Crippen LogP contribution in [0.4, 0.5) is 0 Å². The van der Waals surface area contributed by atoms with Crippen molar-refractivity contribution in [1.29, 1.82) is 0 Å². The van der Waals surface area contributed by atoms with E-state index in [4.69, 9.17) is 9.47 Å². The van der Waals surface area contributed by atoms with Crippen LogP contribution in [-0.2, 0) is 16.6 Å². The maximum Gasteiger partial charge on any atom is 0.279 e. The third-order valence-corrected chi connectivity index (χ3v) is 6.05. The van der Waals surface area contributed by atoms with Crippen LogP contribution in [0, 0.1) is 6.92 Å². The molecule has 0 aliphatic carbocycles. The summed E-state index contributed by atoms with van der Waals surface area (Å²) in [7, 11) is -4.02. The number of hydrogen-bond donors (Lipinski definition) is 1. The molecule has 1 aromatic carbocycles. The van der Waals surface area contributed by atoms with Crippen molar-refractivity contribution < 1.29 is 17.9 Å². The van der Waals surface area contributed by atoms with Gasteiger partial charge in [0.25, 0.3) is 5.56 Å². The van der Waals surface area contributed by atoms with E-state index in [1.165, 1.54) is 28.9 Å². The molecule has 0 spiro atoms. The fourth-order valence-corrected chi connectivity index (χ4v) is 4.59. The second kappa shape index (κ2) is 5.83. The Morgan fingerprint density at radius 2 is 2.12 bits per heavy atom. The first kappa shape index (κ1) is 16.1. The van der Waals surface area contributed by atoms with Gasteiger partial charge in [0.05, 0.1) is 5.69 Å². The topological polar surface area (TPSA) is 99.0 Å². The highest BCUT2D eigenvalue weighted by Gasteiger charge is 2.24. The Labute approximate surface area is 146 Å².